The molecule has 1 amide bonds. The Morgan fingerprint density at radius 3 is 2.65 bits per heavy atom. The summed E-state index contributed by atoms with van der Waals surface area (Å²) in [7, 11) is 0. The third-order valence-electron chi connectivity index (χ3n) is 2.90. The van der Waals surface area contributed by atoms with Crippen LogP contribution >= 0.6 is 0 Å². The van der Waals surface area contributed by atoms with Gasteiger partial charge in [-0.2, -0.15) is 0 Å². The topological polar surface area (TPSA) is 72.2 Å². The van der Waals surface area contributed by atoms with Gasteiger partial charge in [0.2, 0.25) is 0 Å². The number of hydrogen-bond acceptors (Lipinski definition) is 4. The lowest BCUT2D eigenvalue weighted by Gasteiger charge is -2.13. The lowest BCUT2D eigenvalue weighted by Crippen LogP contribution is -2.27. The molecule has 0 fully saturated rings. The van der Waals surface area contributed by atoms with Gasteiger partial charge in [0, 0.05) is 24.0 Å². The summed E-state index contributed by atoms with van der Waals surface area (Å²) in [5, 5.41) is 2.77. The van der Waals surface area contributed by atoms with Crippen molar-refractivity contribution in [3.05, 3.63) is 63.5 Å². The first kappa shape index (κ1) is 14.0. The van der Waals surface area contributed by atoms with Crippen LogP contribution in [0.2, 0.25) is 0 Å². The molecule has 0 unspecified atom stereocenters. The monoisotopic (exact) mass is 272 g/mol. The summed E-state index contributed by atoms with van der Waals surface area (Å²) >= 11 is 0. The first-order valence-electron chi connectivity index (χ1n) is 6.31. The number of aromatic nitrogens is 1. The van der Waals surface area contributed by atoms with E-state index in [4.69, 9.17) is 4.42 Å². The molecule has 0 saturated heterocycles. The zero-order valence-corrected chi connectivity index (χ0v) is 11.6. The molecule has 0 bridgehead atoms. The summed E-state index contributed by atoms with van der Waals surface area (Å²) in [5.41, 5.74) is 1.56. The first-order chi connectivity index (χ1) is 9.45. The molecule has 2 aromatic heterocycles. The Hall–Kier alpha value is -2.43. The van der Waals surface area contributed by atoms with E-state index in [-0.39, 0.29) is 17.2 Å². The van der Waals surface area contributed by atoms with Crippen LogP contribution in [-0.4, -0.2) is 10.9 Å². The van der Waals surface area contributed by atoms with Gasteiger partial charge < -0.3 is 9.73 Å². The van der Waals surface area contributed by atoms with Crippen LogP contribution < -0.4 is 10.7 Å². The third kappa shape index (κ3) is 3.32. The molecule has 2 rings (SSSR count). The predicted octanol–water partition coefficient (Wildman–Crippen LogP) is 2.14. The maximum absolute atomic E-state index is 12.0. The van der Waals surface area contributed by atoms with Crippen molar-refractivity contribution in [1.29, 1.82) is 0 Å². The molecule has 0 aliphatic rings. The lowest BCUT2D eigenvalue weighted by molar-refractivity contribution is 0.0907. The van der Waals surface area contributed by atoms with Crippen LogP contribution in [0.3, 0.4) is 0 Å². The van der Waals surface area contributed by atoms with Gasteiger partial charge in [-0.3, -0.25) is 14.6 Å². The summed E-state index contributed by atoms with van der Waals surface area (Å²) in [6.45, 7) is 5.37. The fourth-order valence-electron chi connectivity index (χ4n) is 1.80. The van der Waals surface area contributed by atoms with Gasteiger partial charge in [-0.1, -0.05) is 6.07 Å². The van der Waals surface area contributed by atoms with Gasteiger partial charge in [0.05, 0.1) is 6.04 Å². The molecule has 5 heteroatoms. The number of hydrogen-bond donors (Lipinski definition) is 1. The average molecular weight is 272 g/mol. The van der Waals surface area contributed by atoms with Crippen molar-refractivity contribution in [2.24, 2.45) is 0 Å². The second kappa shape index (κ2) is 5.69. The molecule has 1 atom stereocenters. The molecule has 0 saturated carbocycles. The normalized spacial score (nSPS) is 11.9. The number of pyridine rings is 1. The SMILES string of the molecule is Cc1ccc([C@H](C)NC(=O)c2cc(=O)cc(C)o2)cn1. The molecule has 20 heavy (non-hydrogen) atoms. The van der Waals surface area contributed by atoms with Crippen molar-refractivity contribution >= 4 is 5.91 Å². The molecule has 2 aromatic rings. The Bertz CT molecular complexity index is 674. The zero-order valence-electron chi connectivity index (χ0n) is 11.6. The average Bonchev–Trinajstić information content (AvgIpc) is 2.38. The minimum atomic E-state index is -0.418. The predicted molar refractivity (Wildman–Crippen MR) is 74.6 cm³/mol. The molecule has 2 heterocycles. The van der Waals surface area contributed by atoms with Crippen molar-refractivity contribution in [2.45, 2.75) is 26.8 Å². The number of carbonyl (C=O) groups is 1. The fourth-order valence-corrected chi connectivity index (χ4v) is 1.80. The van der Waals surface area contributed by atoms with Crippen LogP contribution in [0.25, 0.3) is 0 Å². The number of nitrogens with zero attached hydrogens (tertiary/aromatic N) is 1. The minimum absolute atomic E-state index is 0.0157. The van der Waals surface area contributed by atoms with Crippen molar-refractivity contribution in [3.63, 3.8) is 0 Å². The van der Waals surface area contributed by atoms with E-state index in [1.54, 1.807) is 13.1 Å². The Morgan fingerprint density at radius 1 is 1.30 bits per heavy atom. The molecule has 0 aliphatic carbocycles. The van der Waals surface area contributed by atoms with Crippen LogP contribution in [0, 0.1) is 13.8 Å². The molecule has 0 spiro atoms. The van der Waals surface area contributed by atoms with Crippen molar-refractivity contribution < 1.29 is 9.21 Å². The largest absolute Gasteiger partial charge is 0.456 e. The maximum atomic E-state index is 12.0. The number of aryl methyl sites for hydroxylation is 2. The number of nitrogens with one attached hydrogen (secondary N) is 1. The van der Waals surface area contributed by atoms with Gasteiger partial charge in [0.25, 0.3) is 5.91 Å². The smallest absolute Gasteiger partial charge is 0.287 e. The highest BCUT2D eigenvalue weighted by Crippen LogP contribution is 2.12. The Morgan fingerprint density at radius 2 is 2.05 bits per heavy atom. The van der Waals surface area contributed by atoms with Crippen molar-refractivity contribution in [3.8, 4) is 0 Å². The maximum Gasteiger partial charge on any atom is 0.287 e. The van der Waals surface area contributed by atoms with E-state index >= 15 is 0 Å². The summed E-state index contributed by atoms with van der Waals surface area (Å²) < 4.78 is 5.25. The van der Waals surface area contributed by atoms with Crippen molar-refractivity contribution in [1.82, 2.24) is 10.3 Å². The van der Waals surface area contributed by atoms with E-state index in [0.717, 1.165) is 11.3 Å². The summed E-state index contributed by atoms with van der Waals surface area (Å²) in [5.74, 6) is 0.00750. The number of rotatable bonds is 3. The van der Waals surface area contributed by atoms with Gasteiger partial charge in [0.1, 0.15) is 5.76 Å². The van der Waals surface area contributed by atoms with E-state index < -0.39 is 5.91 Å². The van der Waals surface area contributed by atoms with Gasteiger partial charge in [0.15, 0.2) is 11.2 Å². The van der Waals surface area contributed by atoms with Gasteiger partial charge in [-0.25, -0.2) is 0 Å². The first-order valence-corrected chi connectivity index (χ1v) is 6.31. The molecule has 5 nitrogen and oxygen atoms in total. The molecule has 104 valence electrons. The standard InChI is InChI=1S/C15H16N2O3/c1-9-4-5-12(8-16-9)11(3)17-15(19)14-7-13(18)6-10(2)20-14/h4-8,11H,1-3H3,(H,17,19)/t11-/m0/s1. The Kier molecular flexibility index (Phi) is 3.98. The number of amides is 1. The highest BCUT2D eigenvalue weighted by molar-refractivity contribution is 5.91. The molecular weight excluding hydrogens is 256 g/mol. The van der Waals surface area contributed by atoms with E-state index in [1.807, 2.05) is 26.0 Å². The summed E-state index contributed by atoms with van der Waals surface area (Å²) in [4.78, 5) is 27.6. The molecule has 0 aromatic carbocycles. The summed E-state index contributed by atoms with van der Waals surface area (Å²) in [6, 6.07) is 6.08. The highest BCUT2D eigenvalue weighted by Gasteiger charge is 2.14. The van der Waals surface area contributed by atoms with Gasteiger partial charge in [-0.15, -0.1) is 0 Å². The van der Waals surface area contributed by atoms with Crippen LogP contribution in [0.15, 0.2) is 39.7 Å². The fraction of sp³-hybridized carbons (Fsp3) is 0.267. The third-order valence-corrected chi connectivity index (χ3v) is 2.90. The quantitative estimate of drug-likeness (QED) is 0.929. The van der Waals surface area contributed by atoms with Crippen LogP contribution in [0.5, 0.6) is 0 Å². The van der Waals surface area contributed by atoms with E-state index in [9.17, 15) is 9.59 Å². The van der Waals surface area contributed by atoms with E-state index in [2.05, 4.69) is 10.3 Å². The zero-order chi connectivity index (χ0) is 14.7. The number of carbonyl (C=O) groups excluding carboxylic acids is 1. The van der Waals surface area contributed by atoms with Crippen LogP contribution in [-0.2, 0) is 0 Å². The highest BCUT2D eigenvalue weighted by atomic mass is 16.3. The van der Waals surface area contributed by atoms with E-state index in [1.165, 1.54) is 12.1 Å². The van der Waals surface area contributed by atoms with Crippen LogP contribution in [0.4, 0.5) is 0 Å². The van der Waals surface area contributed by atoms with Crippen LogP contribution in [0.1, 0.15) is 40.5 Å². The molecule has 1 N–H and O–H groups in total. The van der Waals surface area contributed by atoms with Gasteiger partial charge in [-0.05, 0) is 32.4 Å². The molecular formula is C15H16N2O3. The second-order valence-electron chi connectivity index (χ2n) is 4.70. The second-order valence-corrected chi connectivity index (χ2v) is 4.70. The Balaban J connectivity index is 2.14. The molecule has 0 radical (unpaired) electrons. The Labute approximate surface area is 116 Å². The van der Waals surface area contributed by atoms with Gasteiger partial charge >= 0.3 is 0 Å². The molecule has 0 aliphatic heterocycles. The summed E-state index contributed by atoms with van der Waals surface area (Å²) in [6.07, 6.45) is 1.71. The lowest BCUT2D eigenvalue weighted by atomic mass is 10.1. The van der Waals surface area contributed by atoms with E-state index in [0.29, 0.717) is 5.76 Å². The van der Waals surface area contributed by atoms with Crippen molar-refractivity contribution in [2.75, 3.05) is 0 Å². The minimum Gasteiger partial charge on any atom is -0.456 e.